The molecule has 0 fully saturated rings. The Morgan fingerprint density at radius 3 is 2.40 bits per heavy atom. The van der Waals surface area contributed by atoms with E-state index in [2.05, 4.69) is 15.0 Å². The zero-order valence-electron chi connectivity index (χ0n) is 7.80. The van der Waals surface area contributed by atoms with Gasteiger partial charge in [-0.15, -0.1) is 11.8 Å². The summed E-state index contributed by atoms with van der Waals surface area (Å²) in [5, 5.41) is 0. The molecule has 0 unspecified atom stereocenters. The molecule has 1 heterocycles. The second-order valence-electron chi connectivity index (χ2n) is 2.53. The van der Waals surface area contributed by atoms with E-state index in [1.54, 1.807) is 0 Å². The summed E-state index contributed by atoms with van der Waals surface area (Å²) in [4.78, 5) is 22.1. The van der Waals surface area contributed by atoms with Crippen molar-refractivity contribution in [3.8, 4) is 0 Å². The fraction of sp³-hybridized carbons (Fsp3) is 0.333. The van der Waals surface area contributed by atoms with E-state index in [9.17, 15) is 4.79 Å². The van der Waals surface area contributed by atoms with Crippen LogP contribution >= 0.6 is 11.8 Å². The molecule has 0 spiro atoms. The van der Waals surface area contributed by atoms with Gasteiger partial charge in [0.1, 0.15) is 5.82 Å². The van der Waals surface area contributed by atoms with Crippen LogP contribution in [0.15, 0.2) is 0 Å². The van der Waals surface area contributed by atoms with E-state index in [0.717, 1.165) is 0 Å². The maximum atomic E-state index is 10.8. The van der Waals surface area contributed by atoms with E-state index < -0.39 is 0 Å². The topological polar surface area (TPSA) is 146 Å². The number of nitrogen functional groups attached to an aromatic ring is 2. The van der Waals surface area contributed by atoms with Gasteiger partial charge in [-0.1, -0.05) is 0 Å². The summed E-state index contributed by atoms with van der Waals surface area (Å²) in [6.07, 6.45) is 0. The van der Waals surface area contributed by atoms with Crippen LogP contribution in [-0.2, 0) is 10.5 Å². The smallest absolute Gasteiger partial charge is 0.243 e. The van der Waals surface area contributed by atoms with Crippen molar-refractivity contribution in [2.24, 2.45) is 5.84 Å². The van der Waals surface area contributed by atoms with Gasteiger partial charge < -0.3 is 11.5 Å². The van der Waals surface area contributed by atoms with E-state index >= 15 is 0 Å². The first-order chi connectivity index (χ1) is 7.11. The lowest BCUT2D eigenvalue weighted by Gasteiger charge is -2.01. The Bertz CT molecular complexity index is 337. The molecule has 0 saturated heterocycles. The second kappa shape index (κ2) is 5.32. The molecule has 0 saturated carbocycles. The standard InChI is InChI=1S/C6H11N7OS/c7-5-10-3(11-6(8)12-5)1-15-2-4(14)13-9/h1-2,9H2,(H,13,14)(H4,7,8,10,11,12). The molecule has 8 nitrogen and oxygen atoms in total. The lowest BCUT2D eigenvalue weighted by molar-refractivity contribution is -0.118. The average molecular weight is 229 g/mol. The van der Waals surface area contributed by atoms with E-state index in [4.69, 9.17) is 17.3 Å². The number of nitrogens with zero attached hydrogens (tertiary/aromatic N) is 3. The van der Waals surface area contributed by atoms with Gasteiger partial charge in [-0.25, -0.2) is 5.84 Å². The Hall–Kier alpha value is -1.61. The summed E-state index contributed by atoms with van der Waals surface area (Å²) in [7, 11) is 0. The van der Waals surface area contributed by atoms with Gasteiger partial charge in [0.15, 0.2) is 0 Å². The van der Waals surface area contributed by atoms with Crippen LogP contribution in [0, 0.1) is 0 Å². The van der Waals surface area contributed by atoms with Crippen LogP contribution in [0.4, 0.5) is 11.9 Å². The molecule has 0 aliphatic carbocycles. The molecule has 1 rings (SSSR count). The molecule has 15 heavy (non-hydrogen) atoms. The Morgan fingerprint density at radius 1 is 1.27 bits per heavy atom. The number of rotatable bonds is 4. The number of amides is 1. The molecule has 7 N–H and O–H groups in total. The highest BCUT2D eigenvalue weighted by atomic mass is 32.2. The maximum absolute atomic E-state index is 10.8. The van der Waals surface area contributed by atoms with Crippen LogP contribution in [0.3, 0.4) is 0 Å². The van der Waals surface area contributed by atoms with Gasteiger partial charge in [-0.3, -0.25) is 10.2 Å². The predicted molar refractivity (Wildman–Crippen MR) is 57.1 cm³/mol. The van der Waals surface area contributed by atoms with Gasteiger partial charge in [-0.05, 0) is 0 Å². The number of carbonyl (C=O) groups is 1. The second-order valence-corrected chi connectivity index (χ2v) is 3.51. The monoisotopic (exact) mass is 229 g/mol. The van der Waals surface area contributed by atoms with Gasteiger partial charge in [-0.2, -0.15) is 15.0 Å². The summed E-state index contributed by atoms with van der Waals surface area (Å²) in [6, 6.07) is 0. The van der Waals surface area contributed by atoms with Crippen LogP contribution in [0.1, 0.15) is 5.82 Å². The minimum Gasteiger partial charge on any atom is -0.368 e. The van der Waals surface area contributed by atoms with Crippen LogP contribution in [-0.4, -0.2) is 26.6 Å². The lowest BCUT2D eigenvalue weighted by atomic mass is 10.7. The average Bonchev–Trinajstić information content (AvgIpc) is 2.16. The number of nitrogens with two attached hydrogens (primary N) is 3. The number of aromatic nitrogens is 3. The van der Waals surface area contributed by atoms with Crippen LogP contribution in [0.2, 0.25) is 0 Å². The molecule has 1 amide bonds. The fourth-order valence-corrected chi connectivity index (χ4v) is 1.48. The number of hydrazine groups is 1. The largest absolute Gasteiger partial charge is 0.368 e. The van der Waals surface area contributed by atoms with E-state index in [1.165, 1.54) is 11.8 Å². The van der Waals surface area contributed by atoms with Gasteiger partial charge in [0.25, 0.3) is 0 Å². The third-order valence-electron chi connectivity index (χ3n) is 1.34. The Labute approximate surface area is 90.0 Å². The van der Waals surface area contributed by atoms with Crippen LogP contribution in [0.25, 0.3) is 0 Å². The molecule has 0 aliphatic rings. The molecular formula is C6H11N7OS. The summed E-state index contributed by atoms with van der Waals surface area (Å²) < 4.78 is 0. The highest BCUT2D eigenvalue weighted by Gasteiger charge is 2.04. The number of anilines is 2. The Balaban J connectivity index is 2.47. The number of hydrogen-bond acceptors (Lipinski definition) is 8. The van der Waals surface area contributed by atoms with Crippen molar-refractivity contribution in [1.82, 2.24) is 20.4 Å². The van der Waals surface area contributed by atoms with Crippen molar-refractivity contribution in [1.29, 1.82) is 0 Å². The van der Waals surface area contributed by atoms with Crippen molar-refractivity contribution in [3.63, 3.8) is 0 Å². The zero-order chi connectivity index (χ0) is 11.3. The first-order valence-corrected chi connectivity index (χ1v) is 5.10. The lowest BCUT2D eigenvalue weighted by Crippen LogP contribution is -2.31. The third kappa shape index (κ3) is 3.95. The van der Waals surface area contributed by atoms with Crippen molar-refractivity contribution in [2.75, 3.05) is 17.2 Å². The fourth-order valence-electron chi connectivity index (χ4n) is 0.798. The third-order valence-corrected chi connectivity index (χ3v) is 2.27. The summed E-state index contributed by atoms with van der Waals surface area (Å²) in [5.41, 5.74) is 12.7. The SMILES string of the molecule is NNC(=O)CSCc1nc(N)nc(N)n1. The number of hydrogen-bond donors (Lipinski definition) is 4. The van der Waals surface area contributed by atoms with Crippen molar-refractivity contribution < 1.29 is 4.79 Å². The molecule has 0 radical (unpaired) electrons. The van der Waals surface area contributed by atoms with Crippen molar-refractivity contribution in [2.45, 2.75) is 5.75 Å². The molecule has 82 valence electrons. The minimum absolute atomic E-state index is 0.0707. The minimum atomic E-state index is -0.269. The molecule has 0 atom stereocenters. The predicted octanol–water partition coefficient (Wildman–Crippen LogP) is -1.74. The summed E-state index contributed by atoms with van der Waals surface area (Å²) in [5.74, 6) is 5.86. The van der Waals surface area contributed by atoms with E-state index in [0.29, 0.717) is 11.6 Å². The first kappa shape index (κ1) is 11.5. The van der Waals surface area contributed by atoms with Crippen molar-refractivity contribution >= 4 is 29.6 Å². The van der Waals surface area contributed by atoms with Gasteiger partial charge in [0.05, 0.1) is 11.5 Å². The van der Waals surface area contributed by atoms with Gasteiger partial charge >= 0.3 is 0 Å². The van der Waals surface area contributed by atoms with Crippen LogP contribution < -0.4 is 22.7 Å². The normalized spacial score (nSPS) is 9.93. The summed E-state index contributed by atoms with van der Waals surface area (Å²) >= 11 is 1.30. The Kier molecular flexibility index (Phi) is 4.06. The quantitative estimate of drug-likeness (QED) is 0.270. The zero-order valence-corrected chi connectivity index (χ0v) is 8.62. The molecule has 0 bridgehead atoms. The number of carbonyl (C=O) groups excluding carboxylic acids is 1. The van der Waals surface area contributed by atoms with Crippen molar-refractivity contribution in [3.05, 3.63) is 5.82 Å². The van der Waals surface area contributed by atoms with E-state index in [1.807, 2.05) is 5.43 Å². The molecule has 1 aromatic heterocycles. The molecule has 0 aliphatic heterocycles. The van der Waals surface area contributed by atoms with Crippen LogP contribution in [0.5, 0.6) is 0 Å². The highest BCUT2D eigenvalue weighted by molar-refractivity contribution is 7.99. The summed E-state index contributed by atoms with van der Waals surface area (Å²) in [6.45, 7) is 0. The molecule has 9 heteroatoms. The highest BCUT2D eigenvalue weighted by Crippen LogP contribution is 2.09. The Morgan fingerprint density at radius 2 is 1.87 bits per heavy atom. The van der Waals surface area contributed by atoms with Gasteiger partial charge in [0, 0.05) is 0 Å². The molecule has 1 aromatic rings. The first-order valence-electron chi connectivity index (χ1n) is 3.95. The maximum Gasteiger partial charge on any atom is 0.243 e. The number of nitrogens with one attached hydrogen (secondary N) is 1. The molecular weight excluding hydrogens is 218 g/mol. The van der Waals surface area contributed by atoms with E-state index in [-0.39, 0.29) is 23.6 Å². The molecule has 0 aromatic carbocycles. The number of thioether (sulfide) groups is 1. The van der Waals surface area contributed by atoms with Gasteiger partial charge in [0.2, 0.25) is 17.8 Å².